The quantitative estimate of drug-likeness (QED) is 0.599. The van der Waals surface area contributed by atoms with E-state index in [2.05, 4.69) is 0 Å². The molecule has 1 aromatic rings. The lowest BCUT2D eigenvalue weighted by Gasteiger charge is -2.24. The number of carbonyl (C=O) groups is 1. The van der Waals surface area contributed by atoms with Crippen molar-refractivity contribution in [1.82, 2.24) is 4.90 Å². The Labute approximate surface area is 147 Å². The van der Waals surface area contributed by atoms with Gasteiger partial charge in [0.15, 0.2) is 11.5 Å². The van der Waals surface area contributed by atoms with Crippen LogP contribution in [-0.2, 0) is 14.3 Å². The third kappa shape index (κ3) is 5.58. The molecule has 24 heavy (non-hydrogen) atoms. The van der Waals surface area contributed by atoms with Crippen molar-refractivity contribution in [3.8, 4) is 11.5 Å². The van der Waals surface area contributed by atoms with Crippen molar-refractivity contribution < 1.29 is 23.7 Å². The number of para-hydroxylation sites is 2. The van der Waals surface area contributed by atoms with Crippen LogP contribution < -0.4 is 9.47 Å². The zero-order valence-corrected chi connectivity index (χ0v) is 15.0. The minimum Gasteiger partial charge on any atom is -0.493 e. The van der Waals surface area contributed by atoms with Crippen molar-refractivity contribution in [3.63, 3.8) is 0 Å². The summed E-state index contributed by atoms with van der Waals surface area (Å²) in [6, 6.07) is 7.51. The van der Waals surface area contributed by atoms with Gasteiger partial charge in [-0.1, -0.05) is 12.1 Å². The number of amides is 1. The molecule has 2 rings (SSSR count). The van der Waals surface area contributed by atoms with E-state index in [4.69, 9.17) is 18.9 Å². The number of hydrogen-bond acceptors (Lipinski definition) is 6. The molecule has 0 bridgehead atoms. The van der Waals surface area contributed by atoms with E-state index in [0.29, 0.717) is 37.9 Å². The summed E-state index contributed by atoms with van der Waals surface area (Å²) in [4.78, 5) is 14.1. The topological polar surface area (TPSA) is 57.2 Å². The molecule has 1 aliphatic rings. The van der Waals surface area contributed by atoms with Crippen LogP contribution in [0, 0.1) is 0 Å². The molecule has 0 aromatic heterocycles. The van der Waals surface area contributed by atoms with E-state index >= 15 is 0 Å². The molecule has 7 heteroatoms. The Kier molecular flexibility index (Phi) is 8.21. The fourth-order valence-corrected chi connectivity index (χ4v) is 3.49. The molecule has 1 unspecified atom stereocenters. The van der Waals surface area contributed by atoms with E-state index < -0.39 is 0 Å². The van der Waals surface area contributed by atoms with E-state index in [1.807, 2.05) is 36.1 Å². The predicted molar refractivity (Wildman–Crippen MR) is 93.8 cm³/mol. The second kappa shape index (κ2) is 10.4. The normalized spacial score (nSPS) is 17.1. The molecule has 1 aromatic carbocycles. The lowest BCUT2D eigenvalue weighted by molar-refractivity contribution is -0.137. The molecular formula is C17H25NO5S. The molecule has 0 spiro atoms. The first-order chi connectivity index (χ1) is 11.8. The van der Waals surface area contributed by atoms with Gasteiger partial charge in [0.2, 0.25) is 5.91 Å². The summed E-state index contributed by atoms with van der Waals surface area (Å²) in [6.07, 6.45) is 0. The highest BCUT2D eigenvalue weighted by molar-refractivity contribution is 8.00. The maximum Gasteiger partial charge on any atom is 0.249 e. The van der Waals surface area contributed by atoms with E-state index in [9.17, 15) is 4.79 Å². The van der Waals surface area contributed by atoms with Gasteiger partial charge in [0.1, 0.15) is 18.6 Å². The number of ether oxygens (including phenoxy) is 4. The molecule has 1 saturated heterocycles. The first-order valence-electron chi connectivity index (χ1n) is 8.08. The largest absolute Gasteiger partial charge is 0.493 e. The van der Waals surface area contributed by atoms with Gasteiger partial charge in [-0.2, -0.15) is 0 Å². The Morgan fingerprint density at radius 1 is 1.25 bits per heavy atom. The van der Waals surface area contributed by atoms with Gasteiger partial charge in [-0.05, 0) is 19.1 Å². The predicted octanol–water partition coefficient (Wildman–Crippen LogP) is 2.03. The van der Waals surface area contributed by atoms with Gasteiger partial charge in [-0.15, -0.1) is 11.8 Å². The first kappa shape index (κ1) is 18.9. The minimum absolute atomic E-state index is 0.00194. The molecular weight excluding hydrogens is 330 g/mol. The van der Waals surface area contributed by atoms with Crippen LogP contribution in [0.15, 0.2) is 24.3 Å². The van der Waals surface area contributed by atoms with Crippen LogP contribution in [-0.4, -0.2) is 68.6 Å². The SMILES string of the molecule is CCOCCOCC(=O)N1CCSC1COc1ccccc1OC. The number of rotatable bonds is 10. The van der Waals surface area contributed by atoms with Crippen LogP contribution in [0.2, 0.25) is 0 Å². The smallest absolute Gasteiger partial charge is 0.249 e. The van der Waals surface area contributed by atoms with Crippen LogP contribution in [0.5, 0.6) is 11.5 Å². The zero-order chi connectivity index (χ0) is 17.2. The van der Waals surface area contributed by atoms with Crippen molar-refractivity contribution in [2.45, 2.75) is 12.3 Å². The summed E-state index contributed by atoms with van der Waals surface area (Å²) in [6.45, 7) is 4.76. The summed E-state index contributed by atoms with van der Waals surface area (Å²) in [5.74, 6) is 2.28. The van der Waals surface area contributed by atoms with Crippen LogP contribution in [0.3, 0.4) is 0 Å². The Hall–Kier alpha value is -1.44. The summed E-state index contributed by atoms with van der Waals surface area (Å²) in [7, 11) is 1.61. The van der Waals surface area contributed by atoms with Gasteiger partial charge in [-0.25, -0.2) is 0 Å². The van der Waals surface area contributed by atoms with Crippen molar-refractivity contribution in [2.75, 3.05) is 52.4 Å². The average Bonchev–Trinajstić information content (AvgIpc) is 3.08. The molecule has 1 aliphatic heterocycles. The first-order valence-corrected chi connectivity index (χ1v) is 9.13. The van der Waals surface area contributed by atoms with Gasteiger partial charge in [-0.3, -0.25) is 4.79 Å². The number of benzene rings is 1. The Morgan fingerprint density at radius 3 is 2.75 bits per heavy atom. The molecule has 1 fully saturated rings. The highest BCUT2D eigenvalue weighted by Crippen LogP contribution is 2.29. The summed E-state index contributed by atoms with van der Waals surface area (Å²) < 4.78 is 21.7. The van der Waals surface area contributed by atoms with Crippen LogP contribution in [0.4, 0.5) is 0 Å². The average molecular weight is 355 g/mol. The maximum absolute atomic E-state index is 12.3. The molecule has 0 saturated carbocycles. The Morgan fingerprint density at radius 2 is 2.00 bits per heavy atom. The van der Waals surface area contributed by atoms with Gasteiger partial charge >= 0.3 is 0 Å². The number of carbonyl (C=O) groups excluding carboxylic acids is 1. The molecule has 0 N–H and O–H groups in total. The molecule has 1 atom stereocenters. The third-order valence-corrected chi connectivity index (χ3v) is 4.76. The summed E-state index contributed by atoms with van der Waals surface area (Å²) >= 11 is 1.72. The minimum atomic E-state index is -0.00914. The van der Waals surface area contributed by atoms with Gasteiger partial charge < -0.3 is 23.8 Å². The lowest BCUT2D eigenvalue weighted by atomic mass is 10.3. The summed E-state index contributed by atoms with van der Waals surface area (Å²) in [5.41, 5.74) is 0. The highest BCUT2D eigenvalue weighted by Gasteiger charge is 2.30. The number of methoxy groups -OCH3 is 1. The highest BCUT2D eigenvalue weighted by atomic mass is 32.2. The molecule has 1 amide bonds. The van der Waals surface area contributed by atoms with Gasteiger partial charge in [0.25, 0.3) is 0 Å². The second-order valence-corrected chi connectivity index (χ2v) is 6.41. The van der Waals surface area contributed by atoms with Crippen LogP contribution in [0.25, 0.3) is 0 Å². The zero-order valence-electron chi connectivity index (χ0n) is 14.2. The fraction of sp³-hybridized carbons (Fsp3) is 0.588. The number of nitrogens with zero attached hydrogens (tertiary/aromatic N) is 1. The van der Waals surface area contributed by atoms with Crippen LogP contribution in [0.1, 0.15) is 6.92 Å². The number of thioether (sulfide) groups is 1. The standard InChI is InChI=1S/C17H25NO5S/c1-3-21-9-10-22-12-16(19)18-8-11-24-17(18)13-23-15-7-5-4-6-14(15)20-2/h4-7,17H,3,8-13H2,1-2H3. The molecule has 6 nitrogen and oxygen atoms in total. The molecule has 0 radical (unpaired) electrons. The van der Waals surface area contributed by atoms with E-state index in [0.717, 1.165) is 12.3 Å². The molecule has 134 valence electrons. The Bertz CT molecular complexity index is 514. The van der Waals surface area contributed by atoms with Crippen molar-refractivity contribution in [1.29, 1.82) is 0 Å². The molecule has 0 aliphatic carbocycles. The maximum atomic E-state index is 12.3. The van der Waals surface area contributed by atoms with Gasteiger partial charge in [0, 0.05) is 18.9 Å². The van der Waals surface area contributed by atoms with Crippen LogP contribution >= 0.6 is 11.8 Å². The lowest BCUT2D eigenvalue weighted by Crippen LogP contribution is -2.40. The molecule has 1 heterocycles. The van der Waals surface area contributed by atoms with E-state index in [-0.39, 0.29) is 17.9 Å². The van der Waals surface area contributed by atoms with Crippen molar-refractivity contribution >= 4 is 17.7 Å². The van der Waals surface area contributed by atoms with Crippen molar-refractivity contribution in [3.05, 3.63) is 24.3 Å². The van der Waals surface area contributed by atoms with E-state index in [1.165, 1.54) is 0 Å². The third-order valence-electron chi connectivity index (χ3n) is 3.56. The number of hydrogen-bond donors (Lipinski definition) is 0. The second-order valence-electron chi connectivity index (χ2n) is 5.12. The summed E-state index contributed by atoms with van der Waals surface area (Å²) in [5, 5.41) is -0.00194. The fourth-order valence-electron chi connectivity index (χ4n) is 2.35. The Balaban J connectivity index is 1.78. The monoisotopic (exact) mass is 355 g/mol. The van der Waals surface area contributed by atoms with Crippen molar-refractivity contribution in [2.24, 2.45) is 0 Å². The van der Waals surface area contributed by atoms with Gasteiger partial charge in [0.05, 0.1) is 20.3 Å². The van der Waals surface area contributed by atoms with E-state index in [1.54, 1.807) is 18.9 Å².